The third-order valence-electron chi connectivity index (χ3n) is 3.22. The summed E-state index contributed by atoms with van der Waals surface area (Å²) in [5, 5.41) is 0. The van der Waals surface area contributed by atoms with Crippen LogP contribution in [0.2, 0.25) is 0 Å². The summed E-state index contributed by atoms with van der Waals surface area (Å²) in [7, 11) is 3.24. The molecule has 23 heavy (non-hydrogen) atoms. The predicted octanol–water partition coefficient (Wildman–Crippen LogP) is 0.899. The van der Waals surface area contributed by atoms with Gasteiger partial charge in [0, 0.05) is 5.56 Å². The second kappa shape index (κ2) is 6.30. The maximum Gasteiger partial charge on any atom is 0.421 e. The first-order chi connectivity index (χ1) is 11.0. The van der Waals surface area contributed by atoms with Crippen LogP contribution in [0.1, 0.15) is 5.56 Å². The largest absolute Gasteiger partial charge is 0.465 e. The van der Waals surface area contributed by atoms with Crippen LogP contribution in [-0.2, 0) is 28.6 Å². The molecule has 0 aliphatic carbocycles. The minimum absolute atomic E-state index is 0.199. The number of hydrogen-bond donors (Lipinski definition) is 0. The van der Waals surface area contributed by atoms with Gasteiger partial charge in [-0.15, -0.1) is 0 Å². The Morgan fingerprint density at radius 2 is 1.48 bits per heavy atom. The Bertz CT molecular complexity index is 717. The van der Waals surface area contributed by atoms with Crippen LogP contribution >= 0.6 is 0 Å². The monoisotopic (exact) mass is 319 g/mol. The van der Waals surface area contributed by atoms with Gasteiger partial charge in [-0.25, -0.2) is 19.3 Å². The van der Waals surface area contributed by atoms with Crippen LogP contribution in [-0.4, -0.2) is 45.3 Å². The molecule has 0 unspecified atom stereocenters. The number of carbonyl (C=O) groups is 4. The fraction of sp³-hybridized carbons (Fsp3) is 0.200. The molecule has 1 heterocycles. The highest BCUT2D eigenvalue weighted by Crippen LogP contribution is 2.39. The molecule has 0 radical (unpaired) electrons. The Morgan fingerprint density at radius 3 is 2.00 bits per heavy atom. The van der Waals surface area contributed by atoms with E-state index in [1.807, 2.05) is 0 Å². The Morgan fingerprint density at radius 1 is 0.913 bits per heavy atom. The molecule has 8 heteroatoms. The minimum Gasteiger partial charge on any atom is -0.465 e. The summed E-state index contributed by atoms with van der Waals surface area (Å²) in [5.41, 5.74) is -0.429. The fourth-order valence-electron chi connectivity index (χ4n) is 2.22. The zero-order valence-corrected chi connectivity index (χ0v) is 12.6. The number of ether oxygens (including phenoxy) is 3. The number of hydrogen-bond acceptors (Lipinski definition) is 7. The maximum atomic E-state index is 12.6. The van der Waals surface area contributed by atoms with Gasteiger partial charge in [0.1, 0.15) is 0 Å². The number of imide groups is 1. The first-order valence-electron chi connectivity index (χ1n) is 6.40. The lowest BCUT2D eigenvalue weighted by molar-refractivity contribution is -0.144. The highest BCUT2D eigenvalue weighted by molar-refractivity contribution is 6.44. The third kappa shape index (κ3) is 2.54. The molecule has 0 spiro atoms. The molecule has 0 saturated carbocycles. The molecule has 0 atom stereocenters. The molecule has 0 saturated heterocycles. The normalized spacial score (nSPS) is 12.6. The van der Waals surface area contributed by atoms with Gasteiger partial charge in [0.15, 0.2) is 5.57 Å². The van der Waals surface area contributed by atoms with E-state index in [0.29, 0.717) is 0 Å². The van der Waals surface area contributed by atoms with Crippen molar-refractivity contribution in [3.05, 3.63) is 35.4 Å². The number of anilines is 1. The van der Waals surface area contributed by atoms with E-state index in [0.717, 1.165) is 26.2 Å². The molecule has 120 valence electrons. The third-order valence-corrected chi connectivity index (χ3v) is 3.22. The molecule has 1 aliphatic rings. The lowest BCUT2D eigenvalue weighted by Gasteiger charge is -2.12. The molecule has 1 aliphatic heterocycles. The van der Waals surface area contributed by atoms with Crippen molar-refractivity contribution >= 4 is 35.2 Å². The van der Waals surface area contributed by atoms with Crippen molar-refractivity contribution in [3.63, 3.8) is 0 Å². The van der Waals surface area contributed by atoms with Crippen LogP contribution in [0.15, 0.2) is 29.8 Å². The van der Waals surface area contributed by atoms with Crippen LogP contribution in [0.25, 0.3) is 5.57 Å². The lowest BCUT2D eigenvalue weighted by Crippen LogP contribution is -2.34. The molecule has 1 aromatic rings. The molecule has 1 aromatic carbocycles. The molecule has 2 rings (SSSR count). The summed E-state index contributed by atoms with van der Waals surface area (Å²) < 4.78 is 13.7. The van der Waals surface area contributed by atoms with Gasteiger partial charge in [-0.05, 0) is 6.07 Å². The van der Waals surface area contributed by atoms with Crippen molar-refractivity contribution in [2.24, 2.45) is 0 Å². The quantitative estimate of drug-likeness (QED) is 0.262. The second-order valence-corrected chi connectivity index (χ2v) is 4.36. The number of nitrogens with zero attached hydrogens (tertiary/aromatic N) is 1. The highest BCUT2D eigenvalue weighted by Gasteiger charge is 2.42. The van der Waals surface area contributed by atoms with E-state index in [4.69, 9.17) is 0 Å². The van der Waals surface area contributed by atoms with Crippen molar-refractivity contribution in [2.75, 3.05) is 26.2 Å². The number of benzene rings is 1. The summed E-state index contributed by atoms with van der Waals surface area (Å²) in [6.07, 6.45) is -0.938. The maximum absolute atomic E-state index is 12.6. The number of carbonyl (C=O) groups excluding carboxylic acids is 4. The molecule has 0 aromatic heterocycles. The first kappa shape index (κ1) is 16.2. The Balaban J connectivity index is 2.78. The summed E-state index contributed by atoms with van der Waals surface area (Å²) in [5.74, 6) is -2.95. The van der Waals surface area contributed by atoms with Crippen LogP contribution in [0.3, 0.4) is 0 Å². The van der Waals surface area contributed by atoms with E-state index in [-0.39, 0.29) is 16.8 Å². The van der Waals surface area contributed by atoms with Gasteiger partial charge in [0.25, 0.3) is 5.91 Å². The average molecular weight is 319 g/mol. The number of methoxy groups -OCH3 is 3. The Kier molecular flexibility index (Phi) is 4.44. The summed E-state index contributed by atoms with van der Waals surface area (Å²) >= 11 is 0. The van der Waals surface area contributed by atoms with E-state index in [9.17, 15) is 19.2 Å². The van der Waals surface area contributed by atoms with Gasteiger partial charge in [-0.1, -0.05) is 18.2 Å². The predicted molar refractivity (Wildman–Crippen MR) is 77.3 cm³/mol. The van der Waals surface area contributed by atoms with Gasteiger partial charge < -0.3 is 14.2 Å². The van der Waals surface area contributed by atoms with Gasteiger partial charge in [0.2, 0.25) is 0 Å². The van der Waals surface area contributed by atoms with Gasteiger partial charge in [-0.2, -0.15) is 0 Å². The summed E-state index contributed by atoms with van der Waals surface area (Å²) in [6, 6.07) is 6.18. The molecular weight excluding hydrogens is 306 g/mol. The molecule has 2 amide bonds. The zero-order chi connectivity index (χ0) is 17.1. The standard InChI is InChI=1S/C15H13NO7/c1-21-13(18)11(14(19)22-2)10-8-6-4-5-7-9(8)16(12(10)17)15(20)23-3/h4-7H,1-3H3. The zero-order valence-electron chi connectivity index (χ0n) is 12.6. The number of para-hydroxylation sites is 1. The van der Waals surface area contributed by atoms with Crippen molar-refractivity contribution < 1.29 is 33.4 Å². The molecular formula is C15H13NO7. The van der Waals surface area contributed by atoms with Crippen LogP contribution in [0, 0.1) is 0 Å². The smallest absolute Gasteiger partial charge is 0.421 e. The van der Waals surface area contributed by atoms with Crippen molar-refractivity contribution in [2.45, 2.75) is 0 Å². The topological polar surface area (TPSA) is 99.2 Å². The number of fused-ring (bicyclic) bond motifs is 1. The SMILES string of the molecule is COC(=O)C(C(=O)OC)=C1C(=O)N(C(=O)OC)c2ccccc21. The van der Waals surface area contributed by atoms with Crippen molar-refractivity contribution in [1.82, 2.24) is 0 Å². The van der Waals surface area contributed by atoms with Gasteiger partial charge in [-0.3, -0.25) is 4.79 Å². The Hall–Kier alpha value is -3.16. The van der Waals surface area contributed by atoms with Gasteiger partial charge >= 0.3 is 18.0 Å². The van der Waals surface area contributed by atoms with E-state index in [1.165, 1.54) is 12.1 Å². The summed E-state index contributed by atoms with van der Waals surface area (Å²) in [4.78, 5) is 49.1. The van der Waals surface area contributed by atoms with E-state index in [2.05, 4.69) is 14.2 Å². The van der Waals surface area contributed by atoms with Crippen LogP contribution < -0.4 is 4.90 Å². The number of rotatable bonds is 2. The molecule has 0 N–H and O–H groups in total. The number of esters is 2. The van der Waals surface area contributed by atoms with Crippen molar-refractivity contribution in [3.8, 4) is 0 Å². The Labute approximate surface area is 131 Å². The molecule has 8 nitrogen and oxygen atoms in total. The van der Waals surface area contributed by atoms with E-state index in [1.54, 1.807) is 12.1 Å². The molecule has 0 bridgehead atoms. The fourth-order valence-corrected chi connectivity index (χ4v) is 2.22. The second-order valence-electron chi connectivity index (χ2n) is 4.36. The minimum atomic E-state index is -1.04. The van der Waals surface area contributed by atoms with E-state index < -0.39 is 29.5 Å². The highest BCUT2D eigenvalue weighted by atomic mass is 16.5. The summed E-state index contributed by atoms with van der Waals surface area (Å²) in [6.45, 7) is 0. The number of amides is 2. The van der Waals surface area contributed by atoms with Gasteiger partial charge in [0.05, 0.1) is 32.6 Å². The lowest BCUT2D eigenvalue weighted by atomic mass is 10.0. The van der Waals surface area contributed by atoms with Crippen molar-refractivity contribution in [1.29, 1.82) is 0 Å². The molecule has 0 fully saturated rings. The van der Waals surface area contributed by atoms with Crippen LogP contribution in [0.4, 0.5) is 10.5 Å². The van der Waals surface area contributed by atoms with Crippen LogP contribution in [0.5, 0.6) is 0 Å². The first-order valence-corrected chi connectivity index (χ1v) is 6.40. The average Bonchev–Trinajstić information content (AvgIpc) is 2.86. The van der Waals surface area contributed by atoms with E-state index >= 15 is 0 Å².